The van der Waals surface area contributed by atoms with Crippen molar-refractivity contribution in [2.45, 2.75) is 90.4 Å². The van der Waals surface area contributed by atoms with Crippen molar-refractivity contribution in [3.8, 4) is 0 Å². The smallest absolute Gasteiger partial charge is 0.0162 e. The minimum absolute atomic E-state index is 0.838. The second-order valence-electron chi connectivity index (χ2n) is 8.72. The summed E-state index contributed by atoms with van der Waals surface area (Å²) in [6.45, 7) is 6.79. The molecule has 24 heavy (non-hydrogen) atoms. The molecule has 0 aromatic carbocycles. The molecule has 2 saturated carbocycles. The third-order valence-electron chi connectivity index (χ3n) is 6.84. The Hall–Kier alpha value is -0.780. The predicted octanol–water partition coefficient (Wildman–Crippen LogP) is 7.62. The van der Waals surface area contributed by atoms with Crippen LogP contribution in [-0.4, -0.2) is 0 Å². The van der Waals surface area contributed by atoms with Crippen LogP contribution in [0.1, 0.15) is 90.4 Å². The highest BCUT2D eigenvalue weighted by atomic mass is 14.3. The Bertz CT molecular complexity index is 454. The van der Waals surface area contributed by atoms with Gasteiger partial charge in [0.15, 0.2) is 0 Å². The van der Waals surface area contributed by atoms with Gasteiger partial charge in [-0.25, -0.2) is 0 Å². The summed E-state index contributed by atoms with van der Waals surface area (Å²) in [6.07, 6.45) is 25.5. The average molecular weight is 327 g/mol. The van der Waals surface area contributed by atoms with E-state index in [0.29, 0.717) is 0 Å². The molecule has 1 atom stereocenters. The maximum Gasteiger partial charge on any atom is -0.0162 e. The van der Waals surface area contributed by atoms with Crippen molar-refractivity contribution in [3.05, 3.63) is 36.0 Å². The van der Waals surface area contributed by atoms with Gasteiger partial charge in [-0.1, -0.05) is 69.4 Å². The van der Waals surface area contributed by atoms with Crippen molar-refractivity contribution in [2.75, 3.05) is 0 Å². The SMILES string of the molecule is C=C(C(CCCC)CCCCC1CCC(C2=CC=C2)CC1)C1CC1. The van der Waals surface area contributed by atoms with Crippen LogP contribution in [0.5, 0.6) is 0 Å². The Morgan fingerprint density at radius 2 is 1.75 bits per heavy atom. The first-order chi connectivity index (χ1) is 11.8. The Morgan fingerprint density at radius 1 is 1.04 bits per heavy atom. The van der Waals surface area contributed by atoms with E-state index in [0.717, 1.165) is 23.7 Å². The number of hydrogen-bond donors (Lipinski definition) is 0. The van der Waals surface area contributed by atoms with Crippen molar-refractivity contribution >= 4 is 0 Å². The second kappa shape index (κ2) is 9.07. The largest absolute Gasteiger partial charge is 0.0993 e. The fourth-order valence-corrected chi connectivity index (χ4v) is 4.84. The Balaban J connectivity index is 1.30. The lowest BCUT2D eigenvalue weighted by Crippen LogP contribution is -2.17. The normalized spacial score (nSPS) is 27.5. The molecule has 0 aliphatic heterocycles. The topological polar surface area (TPSA) is 0 Å². The Kier molecular flexibility index (Phi) is 6.81. The molecule has 0 nitrogen and oxygen atoms in total. The molecular weight excluding hydrogens is 288 g/mol. The molecule has 3 rings (SSSR count). The molecule has 0 spiro atoms. The Labute approximate surface area is 150 Å². The van der Waals surface area contributed by atoms with Crippen molar-refractivity contribution in [1.82, 2.24) is 0 Å². The highest BCUT2D eigenvalue weighted by Gasteiger charge is 2.29. The minimum atomic E-state index is 0.838. The van der Waals surface area contributed by atoms with Gasteiger partial charge < -0.3 is 0 Å². The summed E-state index contributed by atoms with van der Waals surface area (Å²) < 4.78 is 0. The number of allylic oxidation sites excluding steroid dienone is 5. The summed E-state index contributed by atoms with van der Waals surface area (Å²) in [5.41, 5.74) is 3.25. The van der Waals surface area contributed by atoms with E-state index in [1.54, 1.807) is 11.1 Å². The molecule has 1 unspecified atom stereocenters. The van der Waals surface area contributed by atoms with E-state index in [2.05, 4.69) is 31.7 Å². The molecule has 0 heterocycles. The molecule has 0 bridgehead atoms. The van der Waals surface area contributed by atoms with Crippen LogP contribution in [0.4, 0.5) is 0 Å². The van der Waals surface area contributed by atoms with Gasteiger partial charge in [0, 0.05) is 0 Å². The van der Waals surface area contributed by atoms with Gasteiger partial charge in [-0.3, -0.25) is 0 Å². The third-order valence-corrected chi connectivity index (χ3v) is 6.84. The fourth-order valence-electron chi connectivity index (χ4n) is 4.84. The number of unbranched alkanes of at least 4 members (excludes halogenated alkanes) is 2. The van der Waals surface area contributed by atoms with E-state index in [1.807, 2.05) is 0 Å². The average Bonchev–Trinajstić information content (AvgIpc) is 3.38. The molecule has 0 aromatic heterocycles. The van der Waals surface area contributed by atoms with Crippen LogP contribution < -0.4 is 0 Å². The minimum Gasteiger partial charge on any atom is -0.0993 e. The van der Waals surface area contributed by atoms with E-state index in [4.69, 9.17) is 0 Å². The summed E-state index contributed by atoms with van der Waals surface area (Å²) in [5, 5.41) is 0. The zero-order chi connectivity index (χ0) is 16.8. The molecule has 0 heteroatoms. The van der Waals surface area contributed by atoms with E-state index >= 15 is 0 Å². The third kappa shape index (κ3) is 5.11. The van der Waals surface area contributed by atoms with Gasteiger partial charge in [-0.2, -0.15) is 0 Å². The lowest BCUT2D eigenvalue weighted by molar-refractivity contribution is 0.281. The maximum absolute atomic E-state index is 4.47. The molecule has 3 aliphatic rings. The van der Waals surface area contributed by atoms with E-state index in [9.17, 15) is 0 Å². The van der Waals surface area contributed by atoms with E-state index in [-0.39, 0.29) is 0 Å². The summed E-state index contributed by atoms with van der Waals surface area (Å²) >= 11 is 0. The monoisotopic (exact) mass is 326 g/mol. The number of hydrogen-bond acceptors (Lipinski definition) is 0. The molecule has 0 amide bonds. The van der Waals surface area contributed by atoms with Gasteiger partial charge in [0.2, 0.25) is 0 Å². The van der Waals surface area contributed by atoms with Crippen LogP contribution in [0.3, 0.4) is 0 Å². The molecule has 0 aromatic rings. The summed E-state index contributed by atoms with van der Waals surface area (Å²) in [5.74, 6) is 3.65. The van der Waals surface area contributed by atoms with Gasteiger partial charge in [-0.05, 0) is 80.6 Å². The zero-order valence-corrected chi connectivity index (χ0v) is 15.9. The van der Waals surface area contributed by atoms with Crippen LogP contribution >= 0.6 is 0 Å². The maximum atomic E-state index is 4.47. The van der Waals surface area contributed by atoms with Gasteiger partial charge in [-0.15, -0.1) is 0 Å². The van der Waals surface area contributed by atoms with Crippen molar-refractivity contribution in [2.24, 2.45) is 23.7 Å². The van der Waals surface area contributed by atoms with Gasteiger partial charge >= 0.3 is 0 Å². The van der Waals surface area contributed by atoms with Gasteiger partial charge in [0.05, 0.1) is 0 Å². The van der Waals surface area contributed by atoms with Crippen molar-refractivity contribution in [1.29, 1.82) is 0 Å². The first-order valence-electron chi connectivity index (χ1n) is 10.8. The van der Waals surface area contributed by atoms with Crippen molar-refractivity contribution in [3.63, 3.8) is 0 Å². The Morgan fingerprint density at radius 3 is 2.33 bits per heavy atom. The lowest BCUT2D eigenvalue weighted by atomic mass is 9.75. The van der Waals surface area contributed by atoms with E-state index < -0.39 is 0 Å². The highest BCUT2D eigenvalue weighted by Crippen LogP contribution is 2.42. The molecule has 0 saturated heterocycles. The van der Waals surface area contributed by atoms with Crippen LogP contribution in [0.15, 0.2) is 36.0 Å². The molecule has 134 valence electrons. The van der Waals surface area contributed by atoms with Crippen LogP contribution in [0.25, 0.3) is 0 Å². The zero-order valence-electron chi connectivity index (χ0n) is 15.9. The molecule has 3 aliphatic carbocycles. The fraction of sp³-hybridized carbons (Fsp3) is 0.750. The first-order valence-corrected chi connectivity index (χ1v) is 10.8. The van der Waals surface area contributed by atoms with E-state index in [1.165, 1.54) is 83.5 Å². The molecule has 2 fully saturated rings. The second-order valence-corrected chi connectivity index (χ2v) is 8.72. The highest BCUT2D eigenvalue weighted by molar-refractivity contribution is 5.37. The predicted molar refractivity (Wildman–Crippen MR) is 106 cm³/mol. The standard InChI is InChI=1S/C24H38/c1-3-4-9-21(19(2)22-17-18-22)10-6-5-8-20-13-15-24(16-14-20)23-11-7-12-23/h7,11-12,20-22,24H,2-6,8-10,13-18H2,1H3. The summed E-state index contributed by atoms with van der Waals surface area (Å²) in [6, 6.07) is 0. The summed E-state index contributed by atoms with van der Waals surface area (Å²) in [7, 11) is 0. The molecule has 0 N–H and O–H groups in total. The number of rotatable bonds is 11. The molecule has 0 radical (unpaired) electrons. The van der Waals surface area contributed by atoms with Crippen LogP contribution in [-0.2, 0) is 0 Å². The summed E-state index contributed by atoms with van der Waals surface area (Å²) in [4.78, 5) is 0. The van der Waals surface area contributed by atoms with Crippen molar-refractivity contribution < 1.29 is 0 Å². The van der Waals surface area contributed by atoms with Gasteiger partial charge in [0.25, 0.3) is 0 Å². The first kappa shape index (κ1) is 18.0. The molecular formula is C24H38. The quantitative estimate of drug-likeness (QED) is 0.270. The van der Waals surface area contributed by atoms with Crippen LogP contribution in [0, 0.1) is 23.7 Å². The van der Waals surface area contributed by atoms with Gasteiger partial charge in [0.1, 0.15) is 0 Å². The lowest BCUT2D eigenvalue weighted by Gasteiger charge is -2.30. The van der Waals surface area contributed by atoms with Crippen LogP contribution in [0.2, 0.25) is 0 Å².